The van der Waals surface area contributed by atoms with Crippen LogP contribution in [-0.2, 0) is 0 Å². The van der Waals surface area contributed by atoms with E-state index >= 15 is 0 Å². The molecule has 2 rings (SSSR count). The molecule has 17 heavy (non-hydrogen) atoms. The molecule has 0 saturated carbocycles. The Kier molecular flexibility index (Phi) is 3.86. The highest BCUT2D eigenvalue weighted by Crippen LogP contribution is 2.26. The fourth-order valence-electron chi connectivity index (χ4n) is 1.62. The SMILES string of the molecule is CCOc1cccc(C(N)c2ccc(Br)o2)c1. The van der Waals surface area contributed by atoms with Crippen LogP contribution in [0.2, 0.25) is 0 Å². The van der Waals surface area contributed by atoms with Crippen LogP contribution >= 0.6 is 15.9 Å². The molecule has 0 fully saturated rings. The minimum absolute atomic E-state index is 0.276. The van der Waals surface area contributed by atoms with Gasteiger partial charge in [0.2, 0.25) is 0 Å². The molecule has 1 heterocycles. The van der Waals surface area contributed by atoms with E-state index in [4.69, 9.17) is 14.9 Å². The topological polar surface area (TPSA) is 48.4 Å². The van der Waals surface area contributed by atoms with Crippen molar-refractivity contribution in [3.63, 3.8) is 0 Å². The molecule has 0 bridgehead atoms. The third-order valence-corrected chi connectivity index (χ3v) is 2.85. The van der Waals surface area contributed by atoms with E-state index in [9.17, 15) is 0 Å². The third kappa shape index (κ3) is 2.90. The second kappa shape index (κ2) is 5.38. The Morgan fingerprint density at radius 1 is 1.35 bits per heavy atom. The van der Waals surface area contributed by atoms with Gasteiger partial charge in [0.15, 0.2) is 4.67 Å². The maximum atomic E-state index is 6.12. The van der Waals surface area contributed by atoms with E-state index in [0.29, 0.717) is 11.3 Å². The average Bonchev–Trinajstić information content (AvgIpc) is 2.76. The Morgan fingerprint density at radius 2 is 2.18 bits per heavy atom. The van der Waals surface area contributed by atoms with E-state index in [1.165, 1.54) is 0 Å². The first-order chi connectivity index (χ1) is 8.20. The first-order valence-corrected chi connectivity index (χ1v) is 6.23. The second-order valence-electron chi connectivity index (χ2n) is 3.63. The van der Waals surface area contributed by atoms with Gasteiger partial charge in [0, 0.05) is 0 Å². The fraction of sp³-hybridized carbons (Fsp3) is 0.231. The van der Waals surface area contributed by atoms with Crippen molar-refractivity contribution in [3.05, 3.63) is 52.4 Å². The summed E-state index contributed by atoms with van der Waals surface area (Å²) in [6.07, 6.45) is 0. The lowest BCUT2D eigenvalue weighted by Gasteiger charge is -2.11. The van der Waals surface area contributed by atoms with Crippen LogP contribution in [0.3, 0.4) is 0 Å². The summed E-state index contributed by atoms with van der Waals surface area (Å²) in [6.45, 7) is 2.60. The lowest BCUT2D eigenvalue weighted by atomic mass is 10.1. The van der Waals surface area contributed by atoms with Gasteiger partial charge in [-0.1, -0.05) is 12.1 Å². The van der Waals surface area contributed by atoms with Gasteiger partial charge in [-0.15, -0.1) is 0 Å². The van der Waals surface area contributed by atoms with Gasteiger partial charge in [-0.2, -0.15) is 0 Å². The summed E-state index contributed by atoms with van der Waals surface area (Å²) >= 11 is 3.27. The predicted molar refractivity (Wildman–Crippen MR) is 70.0 cm³/mol. The van der Waals surface area contributed by atoms with E-state index in [1.54, 1.807) is 0 Å². The van der Waals surface area contributed by atoms with Gasteiger partial charge in [-0.3, -0.25) is 0 Å². The van der Waals surface area contributed by atoms with Crippen molar-refractivity contribution in [3.8, 4) is 5.75 Å². The highest BCUT2D eigenvalue weighted by Gasteiger charge is 2.13. The van der Waals surface area contributed by atoms with Crippen molar-refractivity contribution < 1.29 is 9.15 Å². The summed E-state index contributed by atoms with van der Waals surface area (Å²) in [4.78, 5) is 0. The lowest BCUT2D eigenvalue weighted by Crippen LogP contribution is -2.10. The van der Waals surface area contributed by atoms with E-state index in [1.807, 2.05) is 43.3 Å². The number of rotatable bonds is 4. The van der Waals surface area contributed by atoms with E-state index < -0.39 is 0 Å². The predicted octanol–water partition coefficient (Wildman–Crippen LogP) is 3.49. The molecular formula is C13H14BrNO2. The second-order valence-corrected chi connectivity index (χ2v) is 4.41. The van der Waals surface area contributed by atoms with Crippen LogP contribution in [0.4, 0.5) is 0 Å². The number of hydrogen-bond donors (Lipinski definition) is 1. The number of benzene rings is 1. The molecule has 1 unspecified atom stereocenters. The smallest absolute Gasteiger partial charge is 0.169 e. The lowest BCUT2D eigenvalue weighted by molar-refractivity contribution is 0.339. The maximum absolute atomic E-state index is 6.12. The van der Waals surface area contributed by atoms with Crippen molar-refractivity contribution in [2.75, 3.05) is 6.61 Å². The minimum Gasteiger partial charge on any atom is -0.494 e. The van der Waals surface area contributed by atoms with E-state index in [2.05, 4.69) is 15.9 Å². The van der Waals surface area contributed by atoms with Crippen molar-refractivity contribution >= 4 is 15.9 Å². The quantitative estimate of drug-likeness (QED) is 0.939. The van der Waals surface area contributed by atoms with Crippen LogP contribution in [0.5, 0.6) is 5.75 Å². The molecule has 0 aliphatic heterocycles. The third-order valence-electron chi connectivity index (χ3n) is 2.43. The van der Waals surface area contributed by atoms with Crippen molar-refractivity contribution in [2.24, 2.45) is 5.73 Å². The highest BCUT2D eigenvalue weighted by molar-refractivity contribution is 9.10. The zero-order chi connectivity index (χ0) is 12.3. The summed E-state index contributed by atoms with van der Waals surface area (Å²) < 4.78 is 11.6. The number of halogens is 1. The number of ether oxygens (including phenoxy) is 1. The van der Waals surface area contributed by atoms with E-state index in [-0.39, 0.29) is 6.04 Å². The molecule has 90 valence electrons. The van der Waals surface area contributed by atoms with Crippen LogP contribution < -0.4 is 10.5 Å². The molecule has 0 aliphatic rings. The molecule has 1 atom stereocenters. The Morgan fingerprint density at radius 3 is 2.82 bits per heavy atom. The summed E-state index contributed by atoms with van der Waals surface area (Å²) in [5, 5.41) is 0. The Bertz CT molecular complexity index is 496. The summed E-state index contributed by atoms with van der Waals surface area (Å²) in [5.41, 5.74) is 7.09. The van der Waals surface area contributed by atoms with Gasteiger partial charge in [0.25, 0.3) is 0 Å². The molecule has 1 aromatic carbocycles. The first kappa shape index (κ1) is 12.2. The molecule has 3 nitrogen and oxygen atoms in total. The molecule has 0 radical (unpaired) electrons. The largest absolute Gasteiger partial charge is 0.494 e. The first-order valence-electron chi connectivity index (χ1n) is 5.44. The molecule has 0 spiro atoms. The summed E-state index contributed by atoms with van der Waals surface area (Å²) in [7, 11) is 0. The number of furan rings is 1. The van der Waals surface area contributed by atoms with Crippen LogP contribution in [0.25, 0.3) is 0 Å². The molecule has 0 aliphatic carbocycles. The van der Waals surface area contributed by atoms with Crippen LogP contribution in [-0.4, -0.2) is 6.61 Å². The monoisotopic (exact) mass is 295 g/mol. The van der Waals surface area contributed by atoms with Crippen LogP contribution in [0.15, 0.2) is 45.5 Å². The van der Waals surface area contributed by atoms with Gasteiger partial charge < -0.3 is 14.9 Å². The van der Waals surface area contributed by atoms with Gasteiger partial charge in [0.1, 0.15) is 11.5 Å². The van der Waals surface area contributed by atoms with Crippen LogP contribution in [0.1, 0.15) is 24.3 Å². The van der Waals surface area contributed by atoms with Gasteiger partial charge >= 0.3 is 0 Å². The normalized spacial score (nSPS) is 12.4. The molecule has 4 heteroatoms. The average molecular weight is 296 g/mol. The molecule has 1 aromatic heterocycles. The molecular weight excluding hydrogens is 282 g/mol. The zero-order valence-electron chi connectivity index (χ0n) is 9.52. The van der Waals surface area contributed by atoms with E-state index in [0.717, 1.165) is 17.1 Å². The summed E-state index contributed by atoms with van der Waals surface area (Å²) in [5.74, 6) is 1.55. The maximum Gasteiger partial charge on any atom is 0.169 e. The van der Waals surface area contributed by atoms with Crippen LogP contribution in [0, 0.1) is 0 Å². The molecule has 2 N–H and O–H groups in total. The zero-order valence-corrected chi connectivity index (χ0v) is 11.1. The Hall–Kier alpha value is -1.26. The van der Waals surface area contributed by atoms with Crippen molar-refractivity contribution in [2.45, 2.75) is 13.0 Å². The Labute approximate surface area is 109 Å². The Balaban J connectivity index is 2.24. The summed E-state index contributed by atoms with van der Waals surface area (Å²) in [6, 6.07) is 11.2. The minimum atomic E-state index is -0.276. The molecule has 0 saturated heterocycles. The fourth-order valence-corrected chi connectivity index (χ4v) is 1.94. The molecule has 0 amide bonds. The standard InChI is InChI=1S/C13H14BrNO2/c1-2-16-10-5-3-4-9(8-10)13(15)11-6-7-12(14)17-11/h3-8,13H,2,15H2,1H3. The van der Waals surface area contributed by atoms with Gasteiger partial charge in [-0.05, 0) is 52.7 Å². The van der Waals surface area contributed by atoms with Gasteiger partial charge in [-0.25, -0.2) is 0 Å². The van der Waals surface area contributed by atoms with Crippen molar-refractivity contribution in [1.82, 2.24) is 0 Å². The van der Waals surface area contributed by atoms with Crippen molar-refractivity contribution in [1.29, 1.82) is 0 Å². The van der Waals surface area contributed by atoms with Gasteiger partial charge in [0.05, 0.1) is 12.6 Å². The highest BCUT2D eigenvalue weighted by atomic mass is 79.9. The number of hydrogen-bond acceptors (Lipinski definition) is 3. The number of nitrogens with two attached hydrogens (primary N) is 1. The molecule has 2 aromatic rings.